The zero-order chi connectivity index (χ0) is 40.4. The first-order valence-electron chi connectivity index (χ1n) is 18.4. The van der Waals surface area contributed by atoms with E-state index >= 15 is 0 Å². The summed E-state index contributed by atoms with van der Waals surface area (Å²) in [6.45, 7) is 2.06. The number of methoxy groups -OCH3 is 1. The summed E-state index contributed by atoms with van der Waals surface area (Å²) in [5.41, 5.74) is 2.71. The molecule has 3 aliphatic heterocycles. The van der Waals surface area contributed by atoms with Crippen LogP contribution in [0, 0.1) is 0 Å². The fourth-order valence-electron chi connectivity index (χ4n) is 7.43. The molecule has 0 saturated carbocycles. The third kappa shape index (κ3) is 8.34. The number of anilines is 5. The first-order chi connectivity index (χ1) is 27.3. The predicted octanol–water partition coefficient (Wildman–Crippen LogP) is 5.90. The fourth-order valence-corrected chi connectivity index (χ4v) is 7.92. The Hall–Kier alpha value is -5.81. The number of alkyl halides is 3. The number of fused-ring (bicyclic) bond motifs is 1. The summed E-state index contributed by atoms with van der Waals surface area (Å²) in [4.78, 5) is 57.7. The number of pyridine rings is 1. The van der Waals surface area contributed by atoms with Crippen LogP contribution < -0.4 is 36.2 Å². The number of carbonyl (C=O) groups excluding carboxylic acids is 4. The largest absolute Gasteiger partial charge is 0.494 e. The first-order valence-corrected chi connectivity index (χ1v) is 18.9. The van der Waals surface area contributed by atoms with Crippen LogP contribution in [0.3, 0.4) is 0 Å². The lowest BCUT2D eigenvalue weighted by Crippen LogP contribution is -2.53. The number of hydrogen-bond donors (Lipinski definition) is 6. The monoisotopic (exact) mass is 802 g/mol. The van der Waals surface area contributed by atoms with Crippen molar-refractivity contribution in [3.8, 4) is 5.75 Å². The van der Waals surface area contributed by atoms with Crippen LogP contribution >= 0.6 is 12.6 Å². The van der Waals surface area contributed by atoms with E-state index in [4.69, 9.17) is 4.74 Å². The zero-order valence-corrected chi connectivity index (χ0v) is 32.0. The minimum Gasteiger partial charge on any atom is -0.494 e. The quantitative estimate of drug-likeness (QED) is 0.0797. The number of carbonyl (C=O) groups is 4. The second-order valence-electron chi connectivity index (χ2n) is 14.0. The van der Waals surface area contributed by atoms with Gasteiger partial charge >= 0.3 is 6.18 Å². The van der Waals surface area contributed by atoms with Crippen LogP contribution in [0.25, 0.3) is 0 Å². The molecule has 3 aliphatic rings. The molecule has 3 aromatic carbocycles. The minimum absolute atomic E-state index is 0.130. The SMILES string of the molecule is CNC(=O)c1ccccc1Nc1cc(Nc2ccc(N3CCC(NCc4ccc5c(c4)C(=O)N(C4CCC(=O)NC4=O)C5S)CC3)cc2OC)ncc1C(F)(F)F. The number of rotatable bonds is 11. The van der Waals surface area contributed by atoms with E-state index in [9.17, 15) is 32.3 Å². The van der Waals surface area contributed by atoms with Gasteiger partial charge in [0.2, 0.25) is 11.8 Å². The molecule has 298 valence electrons. The van der Waals surface area contributed by atoms with Crippen LogP contribution in [0.15, 0.2) is 72.9 Å². The smallest absolute Gasteiger partial charge is 0.419 e. The van der Waals surface area contributed by atoms with Gasteiger partial charge in [0, 0.05) is 68.7 Å². The van der Waals surface area contributed by atoms with Gasteiger partial charge < -0.3 is 35.8 Å². The maximum absolute atomic E-state index is 14.0. The zero-order valence-electron chi connectivity index (χ0n) is 31.1. The Balaban J connectivity index is 0.973. The lowest BCUT2D eigenvalue weighted by Gasteiger charge is -2.34. The highest BCUT2D eigenvalue weighted by molar-refractivity contribution is 7.80. The van der Waals surface area contributed by atoms with Gasteiger partial charge in [-0.2, -0.15) is 13.2 Å². The van der Waals surface area contributed by atoms with Crippen molar-refractivity contribution in [2.24, 2.45) is 0 Å². The van der Waals surface area contributed by atoms with Crippen molar-refractivity contribution in [2.75, 3.05) is 42.8 Å². The number of halogens is 3. The molecule has 2 saturated heterocycles. The molecule has 2 atom stereocenters. The Morgan fingerprint density at radius 2 is 1.74 bits per heavy atom. The van der Waals surface area contributed by atoms with E-state index in [1.165, 1.54) is 37.3 Å². The average molecular weight is 803 g/mol. The van der Waals surface area contributed by atoms with Crippen molar-refractivity contribution >= 4 is 64.8 Å². The number of ether oxygens (including phenoxy) is 1. The molecule has 4 amide bonds. The molecule has 2 unspecified atom stereocenters. The van der Waals surface area contributed by atoms with Crippen molar-refractivity contribution in [3.05, 3.63) is 101 Å². The van der Waals surface area contributed by atoms with Gasteiger partial charge in [-0.3, -0.25) is 24.5 Å². The Morgan fingerprint density at radius 3 is 2.46 bits per heavy atom. The number of nitrogens with one attached hydrogen (secondary N) is 5. The highest BCUT2D eigenvalue weighted by Gasteiger charge is 2.43. The number of para-hydroxylation sites is 1. The molecule has 1 aromatic heterocycles. The lowest BCUT2D eigenvalue weighted by molar-refractivity contribution is -0.138. The molecule has 57 heavy (non-hydrogen) atoms. The second-order valence-corrected chi connectivity index (χ2v) is 14.5. The van der Waals surface area contributed by atoms with Gasteiger partial charge in [-0.05, 0) is 60.7 Å². The normalized spacial score (nSPS) is 18.6. The predicted molar refractivity (Wildman–Crippen MR) is 211 cm³/mol. The number of hydrogen-bond acceptors (Lipinski definition) is 11. The van der Waals surface area contributed by atoms with Crippen LogP contribution in [0.2, 0.25) is 0 Å². The molecule has 13 nitrogen and oxygen atoms in total. The standard InChI is InChI=1S/C40H41F3N8O5S/c1-44-36(53)26-5-3-4-6-29(26)47-31-19-34(46-21-28(31)40(41,42)43)48-30-10-8-24(18-33(30)56-2)50-15-13-23(14-16-50)45-20-22-7-9-25-27(17-22)38(55)51(39(25)57)32-11-12-35(52)49-37(32)54/h3-10,17-19,21,23,32,39,45,57H,11-16,20H2,1-2H3,(H,44,53)(H2,46,47,48)(H,49,52,54). The number of benzene rings is 3. The fraction of sp³-hybridized carbons (Fsp3) is 0.325. The summed E-state index contributed by atoms with van der Waals surface area (Å²) in [6, 6.07) is 18.2. The molecular weight excluding hydrogens is 762 g/mol. The summed E-state index contributed by atoms with van der Waals surface area (Å²) in [7, 11) is 2.95. The molecule has 5 N–H and O–H groups in total. The summed E-state index contributed by atoms with van der Waals surface area (Å²) in [5, 5.41) is 13.7. The van der Waals surface area contributed by atoms with Crippen molar-refractivity contribution in [3.63, 3.8) is 0 Å². The maximum Gasteiger partial charge on any atom is 0.419 e. The van der Waals surface area contributed by atoms with Crippen LogP contribution in [0.1, 0.15) is 68.5 Å². The Labute approximate surface area is 332 Å². The van der Waals surface area contributed by atoms with Crippen LogP contribution in [-0.4, -0.2) is 72.8 Å². The molecule has 2 fully saturated rings. The van der Waals surface area contributed by atoms with E-state index < -0.39 is 35.0 Å². The molecule has 0 aliphatic carbocycles. The van der Waals surface area contributed by atoms with Gasteiger partial charge in [-0.1, -0.05) is 24.3 Å². The summed E-state index contributed by atoms with van der Waals surface area (Å²) in [5.74, 6) is -0.943. The molecule has 0 bridgehead atoms. The Bertz CT molecular complexity index is 2210. The average Bonchev–Trinajstić information content (AvgIpc) is 3.44. The van der Waals surface area contributed by atoms with Gasteiger partial charge in [0.05, 0.1) is 35.3 Å². The Kier molecular flexibility index (Phi) is 11.3. The molecule has 4 aromatic rings. The number of nitrogens with zero attached hydrogens (tertiary/aromatic N) is 3. The summed E-state index contributed by atoms with van der Waals surface area (Å²) >= 11 is 4.65. The van der Waals surface area contributed by atoms with Crippen LogP contribution in [0.4, 0.5) is 41.7 Å². The molecule has 7 rings (SSSR count). The van der Waals surface area contributed by atoms with Gasteiger partial charge in [-0.15, -0.1) is 12.6 Å². The van der Waals surface area contributed by atoms with Crippen molar-refractivity contribution in [1.82, 2.24) is 25.8 Å². The molecule has 17 heteroatoms. The van der Waals surface area contributed by atoms with E-state index in [1.54, 1.807) is 18.2 Å². The van der Waals surface area contributed by atoms with Crippen molar-refractivity contribution in [2.45, 2.75) is 55.9 Å². The third-order valence-corrected chi connectivity index (χ3v) is 11.0. The van der Waals surface area contributed by atoms with Gasteiger partial charge in [0.1, 0.15) is 23.0 Å². The van der Waals surface area contributed by atoms with E-state index in [-0.39, 0.29) is 53.5 Å². The molecule has 0 radical (unpaired) electrons. The van der Waals surface area contributed by atoms with Crippen molar-refractivity contribution < 1.29 is 37.1 Å². The highest BCUT2D eigenvalue weighted by atomic mass is 32.1. The van der Waals surface area contributed by atoms with E-state index in [2.05, 4.69) is 49.1 Å². The molecule has 4 heterocycles. The topological polar surface area (TPSA) is 157 Å². The summed E-state index contributed by atoms with van der Waals surface area (Å²) < 4.78 is 47.8. The van der Waals surface area contributed by atoms with Crippen LogP contribution in [-0.2, 0) is 22.3 Å². The number of imide groups is 1. The van der Waals surface area contributed by atoms with E-state index in [0.717, 1.165) is 48.9 Å². The van der Waals surface area contributed by atoms with E-state index in [1.807, 2.05) is 30.3 Å². The molecular formula is C40H41F3N8O5S. The van der Waals surface area contributed by atoms with Gasteiger partial charge in [0.15, 0.2) is 0 Å². The Morgan fingerprint density at radius 1 is 0.965 bits per heavy atom. The minimum atomic E-state index is -4.71. The lowest BCUT2D eigenvalue weighted by atomic mass is 10.0. The van der Waals surface area contributed by atoms with Crippen LogP contribution in [0.5, 0.6) is 5.75 Å². The van der Waals surface area contributed by atoms with Gasteiger partial charge in [-0.25, -0.2) is 4.98 Å². The third-order valence-electron chi connectivity index (χ3n) is 10.5. The maximum atomic E-state index is 14.0. The second kappa shape index (κ2) is 16.3. The highest BCUT2D eigenvalue weighted by Crippen LogP contribution is 2.41. The number of aromatic nitrogens is 1. The first kappa shape index (κ1) is 39.4. The number of amides is 4. The number of piperidine rings is 2. The van der Waals surface area contributed by atoms with Gasteiger partial charge in [0.25, 0.3) is 11.8 Å². The number of thiol groups is 1. The molecule has 0 spiro atoms. The van der Waals surface area contributed by atoms with Crippen molar-refractivity contribution in [1.29, 1.82) is 0 Å². The summed E-state index contributed by atoms with van der Waals surface area (Å²) in [6.07, 6.45) is -1.83. The van der Waals surface area contributed by atoms with E-state index in [0.29, 0.717) is 23.5 Å².